The lowest BCUT2D eigenvalue weighted by Gasteiger charge is -2.15. The van der Waals surface area contributed by atoms with Crippen LogP contribution >= 0.6 is 46.6 Å². The molecule has 3 aromatic rings. The smallest absolute Gasteiger partial charge is 0.271 e. The number of ether oxygens (including phenoxy) is 2. The second kappa shape index (κ2) is 11.9. The Kier molecular flexibility index (Phi) is 8.58. The van der Waals surface area contributed by atoms with Crippen molar-refractivity contribution < 1.29 is 24.1 Å². The number of hydrogen-bond donors (Lipinski definition) is 0. The molecule has 38 heavy (non-hydrogen) atoms. The van der Waals surface area contributed by atoms with E-state index in [1.165, 1.54) is 35.2 Å². The third-order valence-corrected chi connectivity index (χ3v) is 7.36. The molecule has 1 aliphatic rings. The van der Waals surface area contributed by atoms with Gasteiger partial charge in [0, 0.05) is 24.3 Å². The number of rotatable bonds is 9. The second-order valence-electron chi connectivity index (χ2n) is 7.77. The Morgan fingerprint density at radius 3 is 2.39 bits per heavy atom. The molecule has 3 aromatic carbocycles. The van der Waals surface area contributed by atoms with E-state index in [1.807, 2.05) is 13.0 Å². The van der Waals surface area contributed by atoms with E-state index < -0.39 is 9.85 Å². The molecule has 0 aliphatic carbocycles. The summed E-state index contributed by atoms with van der Waals surface area (Å²) in [7, 11) is 0. The number of carbonyl (C=O) groups is 1. The van der Waals surface area contributed by atoms with E-state index in [0.717, 1.165) is 20.9 Å². The molecule has 0 unspecified atom stereocenters. The van der Waals surface area contributed by atoms with Gasteiger partial charge in [-0.25, -0.2) is 0 Å². The van der Waals surface area contributed by atoms with Crippen molar-refractivity contribution in [2.75, 3.05) is 11.5 Å². The highest BCUT2D eigenvalue weighted by atomic mass is 127. The maximum atomic E-state index is 13.2. The maximum Gasteiger partial charge on any atom is 0.271 e. The number of benzene rings is 3. The number of hydrogen-bond acceptors (Lipinski definition) is 9. The molecule has 0 saturated carbocycles. The van der Waals surface area contributed by atoms with Crippen LogP contribution in [0.15, 0.2) is 65.6 Å². The quantitative estimate of drug-likeness (QED) is 0.0831. The summed E-state index contributed by atoms with van der Waals surface area (Å²) in [4.78, 5) is 35.8. The van der Waals surface area contributed by atoms with Crippen LogP contribution in [0, 0.1) is 23.8 Å². The monoisotopic (exact) mass is 663 g/mol. The summed E-state index contributed by atoms with van der Waals surface area (Å²) < 4.78 is 12.8. The number of nitrogens with zero attached hydrogens (tertiary/aromatic N) is 3. The third kappa shape index (κ3) is 6.11. The molecule has 1 fully saturated rings. The van der Waals surface area contributed by atoms with Gasteiger partial charge in [-0.1, -0.05) is 30.0 Å². The third-order valence-electron chi connectivity index (χ3n) is 5.25. The molecule has 194 valence electrons. The highest BCUT2D eigenvalue weighted by Crippen LogP contribution is 2.39. The first kappa shape index (κ1) is 27.5. The molecule has 0 atom stereocenters. The van der Waals surface area contributed by atoms with Gasteiger partial charge in [0.05, 0.1) is 30.6 Å². The number of nitro benzene ring substituents is 2. The Balaban J connectivity index is 1.58. The topological polar surface area (TPSA) is 125 Å². The predicted molar refractivity (Wildman–Crippen MR) is 157 cm³/mol. The minimum atomic E-state index is -0.528. The number of thioether (sulfide) groups is 1. The number of anilines is 1. The lowest BCUT2D eigenvalue weighted by molar-refractivity contribution is -0.385. The van der Waals surface area contributed by atoms with Gasteiger partial charge in [-0.05, 0) is 77.0 Å². The minimum absolute atomic E-state index is 0.00131. The average Bonchev–Trinajstić information content (AvgIpc) is 3.16. The Hall–Kier alpha value is -3.56. The standard InChI is InChI=1S/C25H18IN3O7S2/c1-2-35-21-11-16(10-20(26)23(21)36-14-15-6-8-17(9-7-15)28(31)32)12-22-24(30)27(25(37)38-22)18-4-3-5-19(13-18)29(33)34/h3-13H,2,14H2,1H3/b22-12-. The average molecular weight is 663 g/mol. The van der Waals surface area contributed by atoms with E-state index in [0.29, 0.717) is 34.3 Å². The first-order valence-electron chi connectivity index (χ1n) is 11.0. The van der Waals surface area contributed by atoms with Gasteiger partial charge >= 0.3 is 0 Å². The first-order chi connectivity index (χ1) is 18.2. The molecule has 1 saturated heterocycles. The molecule has 0 spiro atoms. The van der Waals surface area contributed by atoms with E-state index in [2.05, 4.69) is 22.6 Å². The van der Waals surface area contributed by atoms with Crippen molar-refractivity contribution in [2.24, 2.45) is 0 Å². The van der Waals surface area contributed by atoms with Gasteiger partial charge in [-0.15, -0.1) is 0 Å². The molecule has 0 bridgehead atoms. The van der Waals surface area contributed by atoms with Gasteiger partial charge in [-0.2, -0.15) is 0 Å². The fourth-order valence-corrected chi connectivity index (χ4v) is 5.61. The maximum absolute atomic E-state index is 13.2. The van der Waals surface area contributed by atoms with Gasteiger partial charge < -0.3 is 9.47 Å². The fourth-order valence-electron chi connectivity index (χ4n) is 3.53. The Morgan fingerprint density at radius 2 is 1.74 bits per heavy atom. The predicted octanol–water partition coefficient (Wildman–Crippen LogP) is 6.49. The van der Waals surface area contributed by atoms with Crippen LogP contribution in [0.5, 0.6) is 11.5 Å². The van der Waals surface area contributed by atoms with Crippen molar-refractivity contribution in [1.82, 2.24) is 0 Å². The van der Waals surface area contributed by atoms with Gasteiger partial charge in [-0.3, -0.25) is 29.9 Å². The lowest BCUT2D eigenvalue weighted by Crippen LogP contribution is -2.27. The van der Waals surface area contributed by atoms with Crippen LogP contribution in [-0.4, -0.2) is 26.7 Å². The van der Waals surface area contributed by atoms with Crippen molar-refractivity contribution in [3.63, 3.8) is 0 Å². The molecule has 0 aromatic heterocycles. The van der Waals surface area contributed by atoms with Crippen molar-refractivity contribution >= 4 is 79.9 Å². The van der Waals surface area contributed by atoms with Crippen LogP contribution in [0.2, 0.25) is 0 Å². The van der Waals surface area contributed by atoms with Crippen LogP contribution < -0.4 is 14.4 Å². The molecule has 0 N–H and O–H groups in total. The molecular formula is C25H18IN3O7S2. The number of amides is 1. The van der Waals surface area contributed by atoms with E-state index in [4.69, 9.17) is 21.7 Å². The highest BCUT2D eigenvalue weighted by molar-refractivity contribution is 14.1. The van der Waals surface area contributed by atoms with Gasteiger partial charge in [0.15, 0.2) is 15.8 Å². The molecule has 1 heterocycles. The summed E-state index contributed by atoms with van der Waals surface area (Å²) in [5, 5.41) is 22.0. The number of carbonyl (C=O) groups excluding carboxylic acids is 1. The summed E-state index contributed by atoms with van der Waals surface area (Å²) in [5.74, 6) is 0.598. The van der Waals surface area contributed by atoms with Crippen molar-refractivity contribution in [3.05, 3.63) is 100 Å². The Bertz CT molecular complexity index is 1480. The molecule has 4 rings (SSSR count). The van der Waals surface area contributed by atoms with Crippen LogP contribution in [0.3, 0.4) is 0 Å². The normalized spacial score (nSPS) is 14.2. The molecule has 10 nitrogen and oxygen atoms in total. The van der Waals surface area contributed by atoms with Crippen molar-refractivity contribution in [2.45, 2.75) is 13.5 Å². The minimum Gasteiger partial charge on any atom is -0.490 e. The van der Waals surface area contributed by atoms with Gasteiger partial charge in [0.2, 0.25) is 0 Å². The number of halogens is 1. The molecule has 13 heteroatoms. The van der Waals surface area contributed by atoms with Gasteiger partial charge in [0.25, 0.3) is 17.3 Å². The molecule has 0 radical (unpaired) electrons. The highest BCUT2D eigenvalue weighted by Gasteiger charge is 2.34. The molecule has 1 aliphatic heterocycles. The largest absolute Gasteiger partial charge is 0.490 e. The van der Waals surface area contributed by atoms with Crippen molar-refractivity contribution in [1.29, 1.82) is 0 Å². The zero-order chi connectivity index (χ0) is 27.4. The summed E-state index contributed by atoms with van der Waals surface area (Å²) in [6.07, 6.45) is 1.68. The fraction of sp³-hybridized carbons (Fsp3) is 0.120. The van der Waals surface area contributed by atoms with Crippen LogP contribution in [-0.2, 0) is 11.4 Å². The first-order valence-corrected chi connectivity index (χ1v) is 13.3. The van der Waals surface area contributed by atoms with Crippen LogP contribution in [0.25, 0.3) is 6.08 Å². The molecular weight excluding hydrogens is 645 g/mol. The van der Waals surface area contributed by atoms with E-state index in [-0.39, 0.29) is 28.2 Å². The van der Waals surface area contributed by atoms with E-state index in [1.54, 1.807) is 30.3 Å². The summed E-state index contributed by atoms with van der Waals surface area (Å²) in [6.45, 7) is 2.39. The van der Waals surface area contributed by atoms with Crippen LogP contribution in [0.4, 0.5) is 17.1 Å². The van der Waals surface area contributed by atoms with E-state index >= 15 is 0 Å². The van der Waals surface area contributed by atoms with E-state index in [9.17, 15) is 25.0 Å². The summed E-state index contributed by atoms with van der Waals surface area (Å²) in [6, 6.07) is 15.4. The second-order valence-corrected chi connectivity index (χ2v) is 10.6. The number of non-ortho nitro benzene ring substituents is 2. The van der Waals surface area contributed by atoms with Gasteiger partial charge in [0.1, 0.15) is 6.61 Å². The number of nitro groups is 2. The van der Waals surface area contributed by atoms with Crippen LogP contribution in [0.1, 0.15) is 18.1 Å². The zero-order valence-corrected chi connectivity index (χ0v) is 23.4. The SMILES string of the molecule is CCOc1cc(/C=C2\SC(=S)N(c3cccc([N+](=O)[O-])c3)C2=O)cc(I)c1OCc1ccc([N+](=O)[O-])cc1. The Labute approximate surface area is 240 Å². The summed E-state index contributed by atoms with van der Waals surface area (Å²) in [5.41, 5.74) is 1.62. The molecule has 1 amide bonds. The zero-order valence-electron chi connectivity index (χ0n) is 19.7. The summed E-state index contributed by atoms with van der Waals surface area (Å²) >= 11 is 8.61. The number of thiocarbonyl (C=S) groups is 1. The Morgan fingerprint density at radius 1 is 1.03 bits per heavy atom. The lowest BCUT2D eigenvalue weighted by atomic mass is 10.1. The van der Waals surface area contributed by atoms with Crippen molar-refractivity contribution in [3.8, 4) is 11.5 Å².